The van der Waals surface area contributed by atoms with E-state index >= 15 is 0 Å². The first kappa shape index (κ1) is 19.1. The van der Waals surface area contributed by atoms with Crippen LogP contribution in [0, 0.1) is 0 Å². The van der Waals surface area contributed by atoms with E-state index in [1.54, 1.807) is 7.11 Å². The van der Waals surface area contributed by atoms with Crippen molar-refractivity contribution in [1.82, 2.24) is 9.97 Å². The summed E-state index contributed by atoms with van der Waals surface area (Å²) < 4.78 is 5.25. The van der Waals surface area contributed by atoms with E-state index < -0.39 is 0 Å². The summed E-state index contributed by atoms with van der Waals surface area (Å²) in [6.07, 6.45) is 2.81. The van der Waals surface area contributed by atoms with Gasteiger partial charge in [-0.1, -0.05) is 30.3 Å². The lowest BCUT2D eigenvalue weighted by Crippen LogP contribution is -2.47. The number of nitrogens with one attached hydrogen (secondary N) is 1. The van der Waals surface area contributed by atoms with Crippen molar-refractivity contribution in [1.29, 1.82) is 0 Å². The van der Waals surface area contributed by atoms with Gasteiger partial charge in [0.05, 0.1) is 7.11 Å². The molecular formula is C23H27N5O. The molecule has 6 heteroatoms. The van der Waals surface area contributed by atoms with Crippen LogP contribution in [0.15, 0.2) is 66.9 Å². The van der Waals surface area contributed by atoms with E-state index in [1.807, 2.05) is 30.5 Å². The van der Waals surface area contributed by atoms with Crippen molar-refractivity contribution in [2.75, 3.05) is 55.0 Å². The zero-order valence-electron chi connectivity index (χ0n) is 16.8. The molecule has 150 valence electrons. The Bertz CT molecular complexity index is 893. The molecule has 1 N–H and O–H groups in total. The van der Waals surface area contributed by atoms with Crippen LogP contribution in [0.2, 0.25) is 0 Å². The Kier molecular flexibility index (Phi) is 6.10. The fraction of sp³-hybridized carbons (Fsp3) is 0.304. The molecule has 6 nitrogen and oxygen atoms in total. The first-order valence-corrected chi connectivity index (χ1v) is 10.1. The summed E-state index contributed by atoms with van der Waals surface area (Å²) in [5.41, 5.74) is 2.55. The third-order valence-electron chi connectivity index (χ3n) is 5.21. The number of anilines is 3. The Morgan fingerprint density at radius 1 is 0.897 bits per heavy atom. The number of piperazine rings is 1. The van der Waals surface area contributed by atoms with Crippen LogP contribution in [-0.4, -0.2) is 49.8 Å². The van der Waals surface area contributed by atoms with E-state index in [1.165, 1.54) is 11.3 Å². The molecule has 2 heterocycles. The summed E-state index contributed by atoms with van der Waals surface area (Å²) in [7, 11) is 1.69. The topological polar surface area (TPSA) is 53.5 Å². The van der Waals surface area contributed by atoms with E-state index in [0.29, 0.717) is 0 Å². The van der Waals surface area contributed by atoms with E-state index in [4.69, 9.17) is 9.72 Å². The van der Waals surface area contributed by atoms with E-state index in [-0.39, 0.29) is 0 Å². The highest BCUT2D eigenvalue weighted by atomic mass is 16.5. The van der Waals surface area contributed by atoms with Gasteiger partial charge in [0.15, 0.2) is 0 Å². The van der Waals surface area contributed by atoms with E-state index in [2.05, 4.69) is 56.5 Å². The van der Waals surface area contributed by atoms with Crippen molar-refractivity contribution >= 4 is 17.5 Å². The molecule has 1 saturated heterocycles. The normalized spacial score (nSPS) is 14.0. The molecule has 0 aliphatic carbocycles. The zero-order valence-corrected chi connectivity index (χ0v) is 16.8. The van der Waals surface area contributed by atoms with Crippen molar-refractivity contribution in [2.45, 2.75) is 6.42 Å². The first-order chi connectivity index (χ1) is 14.3. The first-order valence-electron chi connectivity index (χ1n) is 10.1. The number of hydrogen-bond acceptors (Lipinski definition) is 6. The van der Waals surface area contributed by atoms with Gasteiger partial charge in [0.1, 0.15) is 11.6 Å². The van der Waals surface area contributed by atoms with Gasteiger partial charge in [-0.05, 0) is 42.3 Å². The fourth-order valence-corrected chi connectivity index (χ4v) is 3.54. The van der Waals surface area contributed by atoms with Crippen LogP contribution in [-0.2, 0) is 6.42 Å². The van der Waals surface area contributed by atoms with Crippen LogP contribution in [0.1, 0.15) is 5.56 Å². The third kappa shape index (κ3) is 4.96. The molecule has 1 aliphatic heterocycles. The zero-order chi connectivity index (χ0) is 19.9. The van der Waals surface area contributed by atoms with Gasteiger partial charge in [-0.15, -0.1) is 0 Å². The maximum atomic E-state index is 5.25. The lowest BCUT2D eigenvalue weighted by atomic mass is 10.1. The lowest BCUT2D eigenvalue weighted by Gasteiger charge is -2.36. The molecule has 1 aromatic heterocycles. The molecule has 0 radical (unpaired) electrons. The maximum Gasteiger partial charge on any atom is 0.227 e. The van der Waals surface area contributed by atoms with Gasteiger partial charge in [-0.3, -0.25) is 0 Å². The summed E-state index contributed by atoms with van der Waals surface area (Å²) in [5.74, 6) is 2.56. The molecule has 0 saturated carbocycles. The molecule has 1 fully saturated rings. The Morgan fingerprint density at radius 3 is 2.34 bits per heavy atom. The van der Waals surface area contributed by atoms with Crippen molar-refractivity contribution in [3.63, 3.8) is 0 Å². The Hall–Kier alpha value is -3.28. The van der Waals surface area contributed by atoms with Gasteiger partial charge in [0.25, 0.3) is 0 Å². The molecule has 0 atom stereocenters. The Morgan fingerprint density at radius 2 is 1.62 bits per heavy atom. The van der Waals surface area contributed by atoms with Crippen LogP contribution >= 0.6 is 0 Å². The number of aromatic nitrogens is 2. The average Bonchev–Trinajstić information content (AvgIpc) is 2.80. The predicted octanol–water partition coefficient (Wildman–Crippen LogP) is 3.47. The van der Waals surface area contributed by atoms with Gasteiger partial charge >= 0.3 is 0 Å². The maximum absolute atomic E-state index is 5.25. The second kappa shape index (κ2) is 9.28. The number of methoxy groups -OCH3 is 1. The van der Waals surface area contributed by atoms with E-state index in [0.717, 1.165) is 56.7 Å². The third-order valence-corrected chi connectivity index (χ3v) is 5.21. The average molecular weight is 390 g/mol. The minimum atomic E-state index is 0.795. The quantitative estimate of drug-likeness (QED) is 0.668. The monoisotopic (exact) mass is 389 g/mol. The SMILES string of the molecule is COc1ccc(N2CCN(c3nccc(NCCc4ccccc4)n3)CC2)cc1. The molecule has 3 aromatic rings. The lowest BCUT2D eigenvalue weighted by molar-refractivity contribution is 0.415. The minimum Gasteiger partial charge on any atom is -0.497 e. The summed E-state index contributed by atoms with van der Waals surface area (Å²) in [5, 5.41) is 3.42. The number of ether oxygens (including phenoxy) is 1. The van der Waals surface area contributed by atoms with Gasteiger partial charge in [0.2, 0.25) is 5.95 Å². The molecule has 29 heavy (non-hydrogen) atoms. The van der Waals surface area contributed by atoms with E-state index in [9.17, 15) is 0 Å². The van der Waals surface area contributed by atoms with Crippen LogP contribution in [0.25, 0.3) is 0 Å². The predicted molar refractivity (Wildman–Crippen MR) is 118 cm³/mol. The van der Waals surface area contributed by atoms with Gasteiger partial charge in [-0.25, -0.2) is 4.98 Å². The molecule has 0 unspecified atom stereocenters. The largest absolute Gasteiger partial charge is 0.497 e. The van der Waals surface area contributed by atoms with Crippen molar-refractivity contribution in [3.05, 3.63) is 72.4 Å². The second-order valence-electron chi connectivity index (χ2n) is 7.08. The molecule has 1 aliphatic rings. The summed E-state index contributed by atoms with van der Waals surface area (Å²) in [6, 6.07) is 20.7. The number of rotatable bonds is 7. The fourth-order valence-electron chi connectivity index (χ4n) is 3.54. The highest BCUT2D eigenvalue weighted by Crippen LogP contribution is 2.22. The smallest absolute Gasteiger partial charge is 0.227 e. The second-order valence-corrected chi connectivity index (χ2v) is 7.08. The molecule has 0 spiro atoms. The standard InChI is InChI=1S/C23H27N5O/c1-29-21-9-7-20(8-10-21)27-15-17-28(18-16-27)23-25-14-12-22(26-23)24-13-11-19-5-3-2-4-6-19/h2-10,12,14H,11,13,15-18H2,1H3,(H,24,25,26). The Balaban J connectivity index is 1.30. The highest BCUT2D eigenvalue weighted by Gasteiger charge is 2.19. The van der Waals surface area contributed by atoms with Gasteiger partial charge in [0, 0.05) is 44.6 Å². The summed E-state index contributed by atoms with van der Waals surface area (Å²) >= 11 is 0. The molecule has 4 rings (SSSR count). The van der Waals surface area contributed by atoms with Crippen LogP contribution in [0.5, 0.6) is 5.75 Å². The summed E-state index contributed by atoms with van der Waals surface area (Å²) in [4.78, 5) is 13.8. The highest BCUT2D eigenvalue weighted by molar-refractivity contribution is 5.51. The number of benzene rings is 2. The number of nitrogens with zero attached hydrogens (tertiary/aromatic N) is 4. The minimum absolute atomic E-state index is 0.795. The molecule has 2 aromatic carbocycles. The van der Waals surface area contributed by atoms with Crippen molar-refractivity contribution < 1.29 is 4.74 Å². The van der Waals surface area contributed by atoms with Crippen molar-refractivity contribution in [3.8, 4) is 5.75 Å². The summed E-state index contributed by atoms with van der Waals surface area (Å²) in [6.45, 7) is 4.55. The van der Waals surface area contributed by atoms with Crippen LogP contribution in [0.3, 0.4) is 0 Å². The van der Waals surface area contributed by atoms with Crippen LogP contribution < -0.4 is 19.9 Å². The molecular weight excluding hydrogens is 362 g/mol. The molecule has 0 bridgehead atoms. The Labute approximate surface area is 172 Å². The van der Waals surface area contributed by atoms with Gasteiger partial charge in [-0.2, -0.15) is 4.98 Å². The molecule has 0 amide bonds. The number of hydrogen-bond donors (Lipinski definition) is 1. The van der Waals surface area contributed by atoms with Crippen LogP contribution in [0.4, 0.5) is 17.5 Å². The van der Waals surface area contributed by atoms with Gasteiger partial charge < -0.3 is 19.9 Å². The van der Waals surface area contributed by atoms with Crippen molar-refractivity contribution in [2.24, 2.45) is 0 Å².